The predicted octanol–water partition coefficient (Wildman–Crippen LogP) is 1.84. The molecular formula is C36H48N6O7. The SMILES string of the molecule is CC(=O)C[C@@H](CN)C(=O)N(C)[C@@H]1C(=O)C[C@@H](C)C(=O)N[C@H](C(=O)C[C@@H](C)C#N)Cc2ccc(OCCN)c(c2)-c2cc1ccc2OCCN. The van der Waals surface area contributed by atoms with Gasteiger partial charge >= 0.3 is 0 Å². The van der Waals surface area contributed by atoms with Crippen LogP contribution >= 0.6 is 0 Å². The molecule has 2 aromatic carbocycles. The van der Waals surface area contributed by atoms with Gasteiger partial charge in [0.25, 0.3) is 0 Å². The first-order valence-electron chi connectivity index (χ1n) is 16.5. The number of nitrogens with one attached hydrogen (secondary N) is 1. The average Bonchev–Trinajstić information content (AvgIpc) is 3.07. The van der Waals surface area contributed by atoms with Crippen molar-refractivity contribution in [3.05, 3.63) is 47.5 Å². The monoisotopic (exact) mass is 676 g/mol. The van der Waals surface area contributed by atoms with Gasteiger partial charge in [-0.2, -0.15) is 5.26 Å². The molecule has 0 radical (unpaired) electrons. The topological polar surface area (TPSA) is 221 Å². The van der Waals surface area contributed by atoms with Gasteiger partial charge < -0.3 is 41.7 Å². The molecule has 4 bridgehead atoms. The van der Waals surface area contributed by atoms with Crippen LogP contribution in [-0.4, -0.2) is 80.0 Å². The van der Waals surface area contributed by atoms with E-state index in [0.717, 1.165) is 0 Å². The number of nitrogens with zero attached hydrogens (tertiary/aromatic N) is 2. The molecule has 0 aromatic heterocycles. The maximum Gasteiger partial charge on any atom is 0.228 e. The summed E-state index contributed by atoms with van der Waals surface area (Å²) in [6, 6.07) is 10.4. The van der Waals surface area contributed by atoms with Crippen LogP contribution in [-0.2, 0) is 30.4 Å². The van der Waals surface area contributed by atoms with Crippen molar-refractivity contribution in [1.82, 2.24) is 10.2 Å². The maximum absolute atomic E-state index is 14.2. The number of carbonyl (C=O) groups excluding carboxylic acids is 5. The molecule has 0 spiro atoms. The standard InChI is InChI=1S/C36H48N6O7/c1-21(19-39)13-30(44)29-17-24-5-7-32(48-11-9-37)27(16-24)28-18-25(6-8-33(28)49-12-10-38)34(31(45)14-22(2)35(46)41-29)42(4)36(47)26(20-40)15-23(3)43/h5-8,16,18,21-22,26,29,34H,9-15,17,20,37-38,40H2,1-4H3,(H,41,46)/t21-,22-,26+,29+,34+/m1/s1. The molecule has 7 N–H and O–H groups in total. The Kier molecular flexibility index (Phi) is 14.4. The van der Waals surface area contributed by atoms with E-state index in [2.05, 4.69) is 11.4 Å². The number of hydrogen-bond acceptors (Lipinski definition) is 11. The van der Waals surface area contributed by atoms with Gasteiger partial charge in [0.2, 0.25) is 11.8 Å². The van der Waals surface area contributed by atoms with Crippen molar-refractivity contribution in [3.63, 3.8) is 0 Å². The number of ether oxygens (including phenoxy) is 2. The summed E-state index contributed by atoms with van der Waals surface area (Å²) >= 11 is 0. The van der Waals surface area contributed by atoms with Crippen LogP contribution in [0.1, 0.15) is 57.2 Å². The van der Waals surface area contributed by atoms with E-state index in [1.807, 2.05) is 6.07 Å². The first-order chi connectivity index (χ1) is 23.3. The van der Waals surface area contributed by atoms with Crippen LogP contribution in [0, 0.1) is 29.1 Å². The number of nitrogens with two attached hydrogens (primary N) is 3. The molecular weight excluding hydrogens is 628 g/mol. The Hall–Kier alpha value is -4.64. The number of likely N-dealkylation sites (N-methyl/N-ethyl adjacent to an activating group) is 1. The van der Waals surface area contributed by atoms with Crippen LogP contribution in [0.4, 0.5) is 0 Å². The second-order valence-corrected chi connectivity index (χ2v) is 12.6. The van der Waals surface area contributed by atoms with Gasteiger partial charge in [-0.05, 0) is 55.7 Å². The molecule has 1 heterocycles. The van der Waals surface area contributed by atoms with Gasteiger partial charge in [-0.1, -0.05) is 19.1 Å². The lowest BCUT2D eigenvalue weighted by Gasteiger charge is -2.32. The van der Waals surface area contributed by atoms with Crippen molar-refractivity contribution >= 4 is 29.2 Å². The smallest absolute Gasteiger partial charge is 0.228 e. The number of ketones is 3. The molecule has 5 atom stereocenters. The first kappa shape index (κ1) is 38.8. The van der Waals surface area contributed by atoms with Gasteiger partial charge in [-0.25, -0.2) is 0 Å². The number of hydrogen-bond donors (Lipinski definition) is 4. The Morgan fingerprint density at radius 1 is 0.980 bits per heavy atom. The minimum atomic E-state index is -1.17. The Morgan fingerprint density at radius 3 is 2.16 bits per heavy atom. The largest absolute Gasteiger partial charge is 0.492 e. The molecule has 0 fully saturated rings. The third-order valence-corrected chi connectivity index (χ3v) is 8.44. The molecule has 49 heavy (non-hydrogen) atoms. The quantitative estimate of drug-likeness (QED) is 0.226. The molecule has 0 unspecified atom stereocenters. The van der Waals surface area contributed by atoms with Crippen molar-refractivity contribution in [1.29, 1.82) is 5.26 Å². The predicted molar refractivity (Wildman–Crippen MR) is 183 cm³/mol. The Balaban J connectivity index is 2.31. The third-order valence-electron chi connectivity index (χ3n) is 8.44. The van der Waals surface area contributed by atoms with E-state index in [-0.39, 0.29) is 70.1 Å². The van der Waals surface area contributed by atoms with Crippen LogP contribution in [0.5, 0.6) is 11.5 Å². The van der Waals surface area contributed by atoms with Crippen LogP contribution in [0.3, 0.4) is 0 Å². The molecule has 1 aliphatic rings. The molecule has 0 saturated heterocycles. The molecule has 3 rings (SSSR count). The van der Waals surface area contributed by atoms with Crippen LogP contribution < -0.4 is 32.0 Å². The molecule has 2 amide bonds. The van der Waals surface area contributed by atoms with Crippen molar-refractivity contribution < 1.29 is 33.4 Å². The highest BCUT2D eigenvalue weighted by Gasteiger charge is 2.35. The van der Waals surface area contributed by atoms with E-state index < -0.39 is 47.4 Å². The summed E-state index contributed by atoms with van der Waals surface area (Å²) < 4.78 is 12.1. The summed E-state index contributed by atoms with van der Waals surface area (Å²) in [5.74, 6) is -3.42. The molecule has 2 aromatic rings. The molecule has 264 valence electrons. The van der Waals surface area contributed by atoms with Crippen molar-refractivity contribution in [2.75, 3.05) is 39.9 Å². The van der Waals surface area contributed by atoms with Crippen molar-refractivity contribution in [3.8, 4) is 28.7 Å². The number of benzene rings is 2. The summed E-state index contributed by atoms with van der Waals surface area (Å²) in [4.78, 5) is 68.2. The van der Waals surface area contributed by atoms with Crippen LogP contribution in [0.15, 0.2) is 36.4 Å². The second-order valence-electron chi connectivity index (χ2n) is 12.6. The zero-order chi connectivity index (χ0) is 36.2. The Labute approximate surface area is 287 Å². The fraction of sp³-hybridized carbons (Fsp3) is 0.500. The fourth-order valence-corrected chi connectivity index (χ4v) is 5.88. The lowest BCUT2D eigenvalue weighted by atomic mass is 9.88. The fourth-order valence-electron chi connectivity index (χ4n) is 5.88. The number of fused-ring (bicyclic) bond motifs is 5. The maximum atomic E-state index is 14.2. The van der Waals surface area contributed by atoms with Gasteiger partial charge in [0.1, 0.15) is 36.5 Å². The highest BCUT2D eigenvalue weighted by molar-refractivity contribution is 5.96. The molecule has 0 saturated carbocycles. The highest BCUT2D eigenvalue weighted by atomic mass is 16.5. The molecule has 13 nitrogen and oxygen atoms in total. The van der Waals surface area contributed by atoms with E-state index >= 15 is 0 Å². The molecule has 0 aliphatic carbocycles. The summed E-state index contributed by atoms with van der Waals surface area (Å²) in [5, 5.41) is 12.2. The van der Waals surface area contributed by atoms with Crippen molar-refractivity contribution in [2.45, 2.75) is 58.5 Å². The van der Waals surface area contributed by atoms with Crippen LogP contribution in [0.2, 0.25) is 0 Å². The van der Waals surface area contributed by atoms with Gasteiger partial charge in [0.05, 0.1) is 23.9 Å². The normalized spacial score (nSPS) is 19.0. The molecule has 1 aliphatic heterocycles. The Morgan fingerprint density at radius 2 is 1.59 bits per heavy atom. The Bertz CT molecular complexity index is 1570. The summed E-state index contributed by atoms with van der Waals surface area (Å²) in [6.07, 6.45) is -0.315. The van der Waals surface area contributed by atoms with E-state index in [4.69, 9.17) is 26.7 Å². The lowest BCUT2D eigenvalue weighted by Crippen LogP contribution is -2.46. The first-order valence-corrected chi connectivity index (χ1v) is 16.5. The van der Waals surface area contributed by atoms with E-state index in [9.17, 15) is 29.2 Å². The third kappa shape index (κ3) is 10.2. The summed E-state index contributed by atoms with van der Waals surface area (Å²) in [5.41, 5.74) is 19.7. The second kappa shape index (κ2) is 18.2. The zero-order valence-electron chi connectivity index (χ0n) is 28.7. The minimum Gasteiger partial charge on any atom is -0.492 e. The number of Topliss-reactive ketones (excluding diaryl/α,β-unsaturated/α-hetero) is 3. The highest BCUT2D eigenvalue weighted by Crippen LogP contribution is 2.40. The number of carbonyl (C=O) groups is 5. The average molecular weight is 677 g/mol. The van der Waals surface area contributed by atoms with Gasteiger partial charge in [-0.3, -0.25) is 19.2 Å². The van der Waals surface area contributed by atoms with Crippen LogP contribution in [0.25, 0.3) is 11.1 Å². The number of rotatable bonds is 14. The van der Waals surface area contributed by atoms with E-state index in [1.165, 1.54) is 18.9 Å². The van der Waals surface area contributed by atoms with Gasteiger partial charge in [0, 0.05) is 63.0 Å². The van der Waals surface area contributed by atoms with E-state index in [0.29, 0.717) is 33.8 Å². The van der Waals surface area contributed by atoms with E-state index in [1.54, 1.807) is 44.2 Å². The lowest BCUT2D eigenvalue weighted by molar-refractivity contribution is -0.143. The van der Waals surface area contributed by atoms with Gasteiger partial charge in [-0.15, -0.1) is 0 Å². The number of amides is 2. The van der Waals surface area contributed by atoms with Crippen molar-refractivity contribution in [2.24, 2.45) is 35.0 Å². The zero-order valence-corrected chi connectivity index (χ0v) is 28.7. The minimum absolute atomic E-state index is 0.0734. The summed E-state index contributed by atoms with van der Waals surface area (Å²) in [7, 11) is 1.47. The number of nitriles is 1. The van der Waals surface area contributed by atoms with Gasteiger partial charge in [0.15, 0.2) is 11.6 Å². The summed E-state index contributed by atoms with van der Waals surface area (Å²) in [6.45, 7) is 5.32. The molecule has 13 heteroatoms.